The maximum atomic E-state index is 12.1. The van der Waals surface area contributed by atoms with E-state index in [4.69, 9.17) is 4.74 Å². The molecule has 0 N–H and O–H groups in total. The highest BCUT2D eigenvalue weighted by molar-refractivity contribution is 5.98. The van der Waals surface area contributed by atoms with Crippen LogP contribution in [0.15, 0.2) is 43.0 Å². The van der Waals surface area contributed by atoms with Crippen LogP contribution >= 0.6 is 0 Å². The topological polar surface area (TPSA) is 26.3 Å². The zero-order chi connectivity index (χ0) is 10.7. The first-order valence-electron chi connectivity index (χ1n) is 5.12. The number of ether oxygens (including phenoxy) is 1. The van der Waals surface area contributed by atoms with Crippen LogP contribution in [0.2, 0.25) is 0 Å². The van der Waals surface area contributed by atoms with E-state index in [1.807, 2.05) is 36.4 Å². The number of carbonyl (C=O) groups excluding carboxylic acids is 1. The van der Waals surface area contributed by atoms with E-state index < -0.39 is 0 Å². The summed E-state index contributed by atoms with van der Waals surface area (Å²) in [4.78, 5) is 12.1. The largest absolute Gasteiger partial charge is 0.380 e. The van der Waals surface area contributed by atoms with Crippen LogP contribution in [0.3, 0.4) is 0 Å². The molecule has 1 fully saturated rings. The first-order valence-corrected chi connectivity index (χ1v) is 5.12. The fourth-order valence-electron chi connectivity index (χ4n) is 1.89. The lowest BCUT2D eigenvalue weighted by Crippen LogP contribution is -2.21. The molecule has 0 unspecified atom stereocenters. The van der Waals surface area contributed by atoms with Crippen molar-refractivity contribution >= 4 is 5.78 Å². The molecule has 1 aromatic rings. The van der Waals surface area contributed by atoms with Crippen molar-refractivity contribution in [2.24, 2.45) is 11.8 Å². The Kier molecular flexibility index (Phi) is 2.97. The summed E-state index contributed by atoms with van der Waals surface area (Å²) in [5, 5.41) is 0. The number of carbonyl (C=O) groups is 1. The Hall–Kier alpha value is -1.41. The monoisotopic (exact) mass is 202 g/mol. The number of Topliss-reactive ketones (excluding diaryl/α,β-unsaturated/α-hetero) is 1. The summed E-state index contributed by atoms with van der Waals surface area (Å²) in [5.74, 6) is 0.278. The van der Waals surface area contributed by atoms with Crippen LogP contribution in [0.4, 0.5) is 0 Å². The summed E-state index contributed by atoms with van der Waals surface area (Å²) in [6.07, 6.45) is 1.82. The van der Waals surface area contributed by atoms with Crippen molar-refractivity contribution in [2.75, 3.05) is 13.2 Å². The van der Waals surface area contributed by atoms with Crippen LogP contribution in [0, 0.1) is 11.8 Å². The fourth-order valence-corrected chi connectivity index (χ4v) is 1.89. The highest BCUT2D eigenvalue weighted by atomic mass is 16.5. The molecular weight excluding hydrogens is 188 g/mol. The predicted molar refractivity (Wildman–Crippen MR) is 58.8 cm³/mol. The molecular formula is C13H14O2. The van der Waals surface area contributed by atoms with Crippen LogP contribution < -0.4 is 0 Å². The minimum Gasteiger partial charge on any atom is -0.380 e. The lowest BCUT2D eigenvalue weighted by molar-refractivity contribution is 0.0891. The van der Waals surface area contributed by atoms with Crippen molar-refractivity contribution in [3.63, 3.8) is 0 Å². The van der Waals surface area contributed by atoms with Gasteiger partial charge in [0.15, 0.2) is 5.78 Å². The van der Waals surface area contributed by atoms with Crippen molar-refractivity contribution in [1.82, 2.24) is 0 Å². The average Bonchev–Trinajstić information content (AvgIpc) is 2.77. The van der Waals surface area contributed by atoms with Crippen molar-refractivity contribution < 1.29 is 9.53 Å². The van der Waals surface area contributed by atoms with Crippen molar-refractivity contribution in [1.29, 1.82) is 0 Å². The fraction of sp³-hybridized carbons (Fsp3) is 0.308. The van der Waals surface area contributed by atoms with Gasteiger partial charge in [0, 0.05) is 11.5 Å². The van der Waals surface area contributed by atoms with Crippen LogP contribution in [0.1, 0.15) is 10.4 Å². The number of hydrogen-bond donors (Lipinski definition) is 0. The van der Waals surface area contributed by atoms with Crippen LogP contribution in [-0.4, -0.2) is 19.0 Å². The third-order valence-electron chi connectivity index (χ3n) is 2.82. The Morgan fingerprint density at radius 2 is 2.07 bits per heavy atom. The van der Waals surface area contributed by atoms with E-state index in [1.54, 1.807) is 0 Å². The summed E-state index contributed by atoms with van der Waals surface area (Å²) in [6.45, 7) is 4.87. The van der Waals surface area contributed by atoms with E-state index in [2.05, 4.69) is 6.58 Å². The first-order chi connectivity index (χ1) is 7.33. The van der Waals surface area contributed by atoms with Gasteiger partial charge >= 0.3 is 0 Å². The van der Waals surface area contributed by atoms with E-state index in [0.717, 1.165) is 5.56 Å². The summed E-state index contributed by atoms with van der Waals surface area (Å²) in [6, 6.07) is 9.37. The summed E-state index contributed by atoms with van der Waals surface area (Å²) < 4.78 is 5.31. The van der Waals surface area contributed by atoms with E-state index in [1.165, 1.54) is 0 Å². The Labute approximate surface area is 89.6 Å². The zero-order valence-corrected chi connectivity index (χ0v) is 8.56. The lowest BCUT2D eigenvalue weighted by Gasteiger charge is -2.12. The maximum absolute atomic E-state index is 12.1. The quantitative estimate of drug-likeness (QED) is 0.555. The molecule has 2 nitrogen and oxygen atoms in total. The molecule has 2 atom stereocenters. The Bertz CT molecular complexity index is 356. The summed E-state index contributed by atoms with van der Waals surface area (Å²) >= 11 is 0. The van der Waals surface area contributed by atoms with Crippen molar-refractivity contribution in [2.45, 2.75) is 0 Å². The van der Waals surface area contributed by atoms with Gasteiger partial charge in [-0.25, -0.2) is 0 Å². The number of hydrogen-bond acceptors (Lipinski definition) is 2. The van der Waals surface area contributed by atoms with Gasteiger partial charge in [-0.15, -0.1) is 6.58 Å². The molecule has 0 amide bonds. The second-order valence-corrected chi connectivity index (χ2v) is 3.77. The molecule has 0 aromatic heterocycles. The highest BCUT2D eigenvalue weighted by Gasteiger charge is 2.32. The minimum absolute atomic E-state index is 0.0510. The standard InChI is InChI=1S/C13H14O2/c1-2-10-8-15-9-12(10)13(14)11-6-4-3-5-7-11/h2-7,10,12H,1,8-9H2/t10-,12-/m0/s1. The molecule has 1 aromatic carbocycles. The Morgan fingerprint density at radius 1 is 1.33 bits per heavy atom. The van der Waals surface area contributed by atoms with Gasteiger partial charge < -0.3 is 4.74 Å². The molecule has 2 heteroatoms. The van der Waals surface area contributed by atoms with E-state index in [0.29, 0.717) is 13.2 Å². The first kappa shape index (κ1) is 10.1. The van der Waals surface area contributed by atoms with Crippen LogP contribution in [-0.2, 0) is 4.74 Å². The zero-order valence-electron chi connectivity index (χ0n) is 8.56. The van der Waals surface area contributed by atoms with E-state index >= 15 is 0 Å². The summed E-state index contributed by atoms with van der Waals surface area (Å²) in [7, 11) is 0. The Morgan fingerprint density at radius 3 is 2.73 bits per heavy atom. The van der Waals surface area contributed by atoms with Gasteiger partial charge in [-0.1, -0.05) is 36.4 Å². The Balaban J connectivity index is 2.18. The molecule has 0 spiro atoms. The van der Waals surface area contributed by atoms with Gasteiger partial charge in [0.2, 0.25) is 0 Å². The molecule has 0 saturated carbocycles. The molecule has 1 saturated heterocycles. The van der Waals surface area contributed by atoms with Gasteiger partial charge in [-0.05, 0) is 0 Å². The molecule has 15 heavy (non-hydrogen) atoms. The average molecular weight is 202 g/mol. The highest BCUT2D eigenvalue weighted by Crippen LogP contribution is 2.25. The molecule has 0 radical (unpaired) electrons. The maximum Gasteiger partial charge on any atom is 0.168 e. The molecule has 78 valence electrons. The second-order valence-electron chi connectivity index (χ2n) is 3.77. The normalized spacial score (nSPS) is 25.1. The molecule has 1 heterocycles. The van der Waals surface area contributed by atoms with Gasteiger partial charge in [0.05, 0.1) is 19.1 Å². The summed E-state index contributed by atoms with van der Waals surface area (Å²) in [5.41, 5.74) is 0.764. The van der Waals surface area contributed by atoms with Gasteiger partial charge in [0.1, 0.15) is 0 Å². The molecule has 0 aliphatic carbocycles. The van der Waals surface area contributed by atoms with Gasteiger partial charge in [-0.2, -0.15) is 0 Å². The van der Waals surface area contributed by atoms with Crippen LogP contribution in [0.5, 0.6) is 0 Å². The molecule has 1 aliphatic rings. The third kappa shape index (κ3) is 2.00. The SMILES string of the molecule is C=C[C@H]1COC[C@@H]1C(=O)c1ccccc1. The smallest absolute Gasteiger partial charge is 0.168 e. The van der Waals surface area contributed by atoms with Crippen LogP contribution in [0.25, 0.3) is 0 Å². The number of benzene rings is 1. The van der Waals surface area contributed by atoms with E-state index in [-0.39, 0.29) is 17.6 Å². The lowest BCUT2D eigenvalue weighted by atomic mass is 9.88. The number of rotatable bonds is 3. The molecule has 0 bridgehead atoms. The minimum atomic E-state index is -0.0510. The third-order valence-corrected chi connectivity index (χ3v) is 2.82. The number of ketones is 1. The van der Waals surface area contributed by atoms with E-state index in [9.17, 15) is 4.79 Å². The molecule has 2 rings (SSSR count). The van der Waals surface area contributed by atoms with Crippen molar-refractivity contribution in [3.8, 4) is 0 Å². The van der Waals surface area contributed by atoms with Crippen molar-refractivity contribution in [3.05, 3.63) is 48.6 Å². The van der Waals surface area contributed by atoms with Gasteiger partial charge in [0.25, 0.3) is 0 Å². The predicted octanol–water partition coefficient (Wildman–Crippen LogP) is 2.32. The molecule has 1 aliphatic heterocycles. The van der Waals surface area contributed by atoms with Gasteiger partial charge in [-0.3, -0.25) is 4.79 Å². The second kappa shape index (κ2) is 4.41.